The standard InChI is InChI=1S/C7H14O4/c1-5-6-11-7(8-2,9-3)10-4/h5H,1,6H2,2-4H3. The van der Waals surface area contributed by atoms with Gasteiger partial charge in [-0.15, -0.1) is 6.58 Å². The Morgan fingerprint density at radius 3 is 1.91 bits per heavy atom. The third-order valence-corrected chi connectivity index (χ3v) is 1.13. The lowest BCUT2D eigenvalue weighted by Crippen LogP contribution is -2.39. The number of methoxy groups -OCH3 is 3. The molecule has 0 radical (unpaired) electrons. The first-order chi connectivity index (χ1) is 5.24. The molecule has 0 fully saturated rings. The average molecular weight is 162 g/mol. The van der Waals surface area contributed by atoms with Gasteiger partial charge in [-0.25, -0.2) is 0 Å². The van der Waals surface area contributed by atoms with Crippen molar-refractivity contribution in [1.29, 1.82) is 0 Å². The van der Waals surface area contributed by atoms with Crippen molar-refractivity contribution in [3.05, 3.63) is 12.7 Å². The molecular formula is C7H14O4. The fourth-order valence-electron chi connectivity index (χ4n) is 0.588. The summed E-state index contributed by atoms with van der Waals surface area (Å²) in [6.45, 7) is 3.78. The van der Waals surface area contributed by atoms with Crippen molar-refractivity contribution in [1.82, 2.24) is 0 Å². The third-order valence-electron chi connectivity index (χ3n) is 1.13. The molecule has 0 aromatic rings. The molecule has 0 atom stereocenters. The summed E-state index contributed by atoms with van der Waals surface area (Å²) in [7, 11) is 4.28. The van der Waals surface area contributed by atoms with Gasteiger partial charge in [0.05, 0.1) is 6.61 Å². The summed E-state index contributed by atoms with van der Waals surface area (Å²) in [5.41, 5.74) is 0. The fourth-order valence-corrected chi connectivity index (χ4v) is 0.588. The number of hydrogen-bond acceptors (Lipinski definition) is 4. The molecule has 0 rings (SSSR count). The zero-order valence-electron chi connectivity index (χ0n) is 7.12. The van der Waals surface area contributed by atoms with Crippen LogP contribution >= 0.6 is 0 Å². The van der Waals surface area contributed by atoms with Crippen LogP contribution in [0.1, 0.15) is 0 Å². The van der Waals surface area contributed by atoms with Gasteiger partial charge in [0, 0.05) is 21.3 Å². The van der Waals surface area contributed by atoms with E-state index in [0.717, 1.165) is 0 Å². The minimum Gasteiger partial charge on any atom is -0.307 e. The molecule has 0 aromatic carbocycles. The van der Waals surface area contributed by atoms with Crippen LogP contribution in [0.2, 0.25) is 0 Å². The molecule has 0 amide bonds. The molecular weight excluding hydrogens is 148 g/mol. The molecule has 0 aliphatic rings. The van der Waals surface area contributed by atoms with Crippen LogP contribution in [0.25, 0.3) is 0 Å². The van der Waals surface area contributed by atoms with Crippen molar-refractivity contribution in [3.8, 4) is 0 Å². The molecule has 0 aliphatic heterocycles. The van der Waals surface area contributed by atoms with Crippen LogP contribution in [-0.4, -0.2) is 34.1 Å². The highest BCUT2D eigenvalue weighted by molar-refractivity contribution is 4.64. The average Bonchev–Trinajstić information content (AvgIpc) is 2.08. The van der Waals surface area contributed by atoms with Gasteiger partial charge >= 0.3 is 6.16 Å². The van der Waals surface area contributed by atoms with E-state index in [9.17, 15) is 0 Å². The summed E-state index contributed by atoms with van der Waals surface area (Å²) in [5, 5.41) is 0. The van der Waals surface area contributed by atoms with Gasteiger partial charge in [-0.05, 0) is 0 Å². The first-order valence-electron chi connectivity index (χ1n) is 3.15. The van der Waals surface area contributed by atoms with E-state index in [1.165, 1.54) is 21.3 Å². The zero-order chi connectivity index (χ0) is 8.74. The smallest absolute Gasteiger partial charge is 0.307 e. The summed E-state index contributed by atoms with van der Waals surface area (Å²) in [4.78, 5) is 0. The van der Waals surface area contributed by atoms with Gasteiger partial charge in [0.25, 0.3) is 0 Å². The van der Waals surface area contributed by atoms with E-state index in [0.29, 0.717) is 6.61 Å². The Morgan fingerprint density at radius 1 is 1.18 bits per heavy atom. The van der Waals surface area contributed by atoms with Crippen molar-refractivity contribution in [2.45, 2.75) is 6.16 Å². The van der Waals surface area contributed by atoms with Crippen molar-refractivity contribution in [3.63, 3.8) is 0 Å². The molecule has 0 saturated heterocycles. The maximum absolute atomic E-state index is 5.04. The Bertz CT molecular complexity index is 101. The van der Waals surface area contributed by atoms with E-state index in [4.69, 9.17) is 18.9 Å². The van der Waals surface area contributed by atoms with Crippen molar-refractivity contribution in [2.75, 3.05) is 27.9 Å². The van der Waals surface area contributed by atoms with Gasteiger partial charge in [-0.3, -0.25) is 4.74 Å². The van der Waals surface area contributed by atoms with E-state index in [-0.39, 0.29) is 0 Å². The van der Waals surface area contributed by atoms with Gasteiger partial charge < -0.3 is 14.2 Å². The monoisotopic (exact) mass is 162 g/mol. The molecule has 0 aromatic heterocycles. The van der Waals surface area contributed by atoms with Crippen molar-refractivity contribution in [2.24, 2.45) is 0 Å². The Morgan fingerprint density at radius 2 is 1.64 bits per heavy atom. The Labute approximate surface area is 66.7 Å². The molecule has 4 heteroatoms. The molecule has 0 saturated carbocycles. The molecule has 0 bridgehead atoms. The first kappa shape index (κ1) is 10.6. The minimum absolute atomic E-state index is 0.301. The minimum atomic E-state index is -1.39. The normalized spacial score (nSPS) is 11.5. The van der Waals surface area contributed by atoms with E-state index in [1.807, 2.05) is 0 Å². The second-order valence-electron chi connectivity index (χ2n) is 1.71. The molecule has 66 valence electrons. The number of rotatable bonds is 6. The van der Waals surface area contributed by atoms with Crippen LogP contribution in [-0.2, 0) is 18.9 Å². The Kier molecular flexibility index (Phi) is 5.06. The zero-order valence-corrected chi connectivity index (χ0v) is 7.12. The number of hydrogen-bond donors (Lipinski definition) is 0. The van der Waals surface area contributed by atoms with E-state index in [2.05, 4.69) is 6.58 Å². The molecule has 4 nitrogen and oxygen atoms in total. The largest absolute Gasteiger partial charge is 0.412 e. The molecule has 11 heavy (non-hydrogen) atoms. The molecule has 0 heterocycles. The van der Waals surface area contributed by atoms with E-state index < -0.39 is 6.16 Å². The van der Waals surface area contributed by atoms with Gasteiger partial charge in [0.1, 0.15) is 0 Å². The molecule has 0 aliphatic carbocycles. The predicted molar refractivity (Wildman–Crippen MR) is 39.9 cm³/mol. The maximum Gasteiger partial charge on any atom is 0.412 e. The first-order valence-corrected chi connectivity index (χ1v) is 3.15. The lowest BCUT2D eigenvalue weighted by Gasteiger charge is -2.26. The lowest BCUT2D eigenvalue weighted by molar-refractivity contribution is -0.476. The number of ether oxygens (including phenoxy) is 4. The van der Waals surface area contributed by atoms with Crippen LogP contribution in [0.3, 0.4) is 0 Å². The van der Waals surface area contributed by atoms with Gasteiger partial charge in [-0.2, -0.15) is 0 Å². The second-order valence-corrected chi connectivity index (χ2v) is 1.71. The van der Waals surface area contributed by atoms with Crippen LogP contribution in [0.5, 0.6) is 0 Å². The van der Waals surface area contributed by atoms with Crippen LogP contribution in [0.4, 0.5) is 0 Å². The van der Waals surface area contributed by atoms with Crippen LogP contribution in [0.15, 0.2) is 12.7 Å². The van der Waals surface area contributed by atoms with Gasteiger partial charge in [-0.1, -0.05) is 6.08 Å². The van der Waals surface area contributed by atoms with E-state index in [1.54, 1.807) is 6.08 Å². The Hall–Kier alpha value is -0.420. The molecule has 0 unspecified atom stereocenters. The summed E-state index contributed by atoms with van der Waals surface area (Å²) >= 11 is 0. The Balaban J connectivity index is 3.93. The van der Waals surface area contributed by atoms with Gasteiger partial charge in [0.15, 0.2) is 0 Å². The summed E-state index contributed by atoms with van der Waals surface area (Å²) in [6.07, 6.45) is 0.181. The van der Waals surface area contributed by atoms with Crippen molar-refractivity contribution >= 4 is 0 Å². The highest BCUT2D eigenvalue weighted by Gasteiger charge is 2.30. The third kappa shape index (κ3) is 2.98. The SMILES string of the molecule is C=CCOC(OC)(OC)OC. The molecule has 0 N–H and O–H groups in total. The highest BCUT2D eigenvalue weighted by atomic mass is 17.0. The van der Waals surface area contributed by atoms with Crippen molar-refractivity contribution < 1.29 is 18.9 Å². The topological polar surface area (TPSA) is 36.9 Å². The highest BCUT2D eigenvalue weighted by Crippen LogP contribution is 2.13. The van der Waals surface area contributed by atoms with Gasteiger partial charge in [0.2, 0.25) is 0 Å². The van der Waals surface area contributed by atoms with E-state index >= 15 is 0 Å². The summed E-state index contributed by atoms with van der Waals surface area (Å²) < 4.78 is 19.5. The predicted octanol–water partition coefficient (Wildman–Crippen LogP) is 0.739. The quantitative estimate of drug-likeness (QED) is 0.426. The second kappa shape index (κ2) is 5.26. The summed E-state index contributed by atoms with van der Waals surface area (Å²) in [5.74, 6) is 0. The summed E-state index contributed by atoms with van der Waals surface area (Å²) in [6, 6.07) is 0. The molecule has 0 spiro atoms. The lowest BCUT2D eigenvalue weighted by atomic mass is 10.7. The maximum atomic E-state index is 5.04. The fraction of sp³-hybridized carbons (Fsp3) is 0.714. The van der Waals surface area contributed by atoms with Crippen LogP contribution < -0.4 is 0 Å². The van der Waals surface area contributed by atoms with Crippen LogP contribution in [0, 0.1) is 0 Å².